The lowest BCUT2D eigenvalue weighted by atomic mass is 9.98. The summed E-state index contributed by atoms with van der Waals surface area (Å²) in [4.78, 5) is 0. The van der Waals surface area contributed by atoms with Crippen LogP contribution in [-0.4, -0.2) is 6.61 Å². The highest BCUT2D eigenvalue weighted by Gasteiger charge is 2.14. The maximum absolute atomic E-state index is 9.06. The van der Waals surface area contributed by atoms with Crippen LogP contribution in [0.15, 0.2) is 12.1 Å². The van der Waals surface area contributed by atoms with Gasteiger partial charge in [0, 0.05) is 5.56 Å². The van der Waals surface area contributed by atoms with Crippen LogP contribution < -0.4 is 4.74 Å². The van der Waals surface area contributed by atoms with E-state index in [1.165, 1.54) is 0 Å². The summed E-state index contributed by atoms with van der Waals surface area (Å²) in [7, 11) is 0. The van der Waals surface area contributed by atoms with E-state index in [1.54, 1.807) is 0 Å². The summed E-state index contributed by atoms with van der Waals surface area (Å²) in [6.07, 6.45) is 3.17. The molecule has 72 valence electrons. The second-order valence-electron chi connectivity index (χ2n) is 3.65. The van der Waals surface area contributed by atoms with Gasteiger partial charge in [-0.05, 0) is 37.8 Å². The zero-order chi connectivity index (χ0) is 9.97. The number of nitrogens with zero attached hydrogens (tertiary/aromatic N) is 1. The van der Waals surface area contributed by atoms with Crippen molar-refractivity contribution in [3.8, 4) is 11.8 Å². The van der Waals surface area contributed by atoms with Gasteiger partial charge in [-0.2, -0.15) is 5.26 Å². The van der Waals surface area contributed by atoms with E-state index in [1.807, 2.05) is 19.1 Å². The van der Waals surface area contributed by atoms with Crippen LogP contribution in [0, 0.1) is 18.3 Å². The quantitative estimate of drug-likeness (QED) is 0.625. The highest BCUT2D eigenvalue weighted by molar-refractivity contribution is 5.51. The zero-order valence-electron chi connectivity index (χ0n) is 8.34. The lowest BCUT2D eigenvalue weighted by Crippen LogP contribution is -1.97. The number of benzene rings is 1. The third-order valence-electron chi connectivity index (χ3n) is 2.67. The first-order valence-electron chi connectivity index (χ1n) is 4.98. The van der Waals surface area contributed by atoms with Gasteiger partial charge < -0.3 is 4.74 Å². The Hall–Kier alpha value is -1.49. The molecule has 0 N–H and O–H groups in total. The van der Waals surface area contributed by atoms with Gasteiger partial charge in [-0.3, -0.25) is 0 Å². The van der Waals surface area contributed by atoms with Crippen LogP contribution >= 0.6 is 0 Å². The Morgan fingerprint density at radius 2 is 2.21 bits per heavy atom. The molecule has 1 aliphatic heterocycles. The number of hydrogen-bond donors (Lipinski definition) is 0. The fourth-order valence-corrected chi connectivity index (χ4v) is 1.87. The van der Waals surface area contributed by atoms with Crippen LogP contribution in [0.4, 0.5) is 0 Å². The van der Waals surface area contributed by atoms with Crippen molar-refractivity contribution >= 4 is 0 Å². The molecule has 0 saturated heterocycles. The Balaban J connectivity index is 2.55. The normalized spacial score (nSPS) is 14.9. The molecule has 2 heteroatoms. The predicted octanol–water partition coefficient (Wildman–Crippen LogP) is 2.58. The molecule has 0 radical (unpaired) electrons. The lowest BCUT2D eigenvalue weighted by Gasteiger charge is -2.09. The first-order chi connectivity index (χ1) is 6.83. The minimum Gasteiger partial charge on any atom is -0.493 e. The average Bonchev–Trinajstić information content (AvgIpc) is 2.42. The van der Waals surface area contributed by atoms with Crippen molar-refractivity contribution in [2.24, 2.45) is 0 Å². The predicted molar refractivity (Wildman–Crippen MR) is 54.3 cm³/mol. The second kappa shape index (κ2) is 3.71. The van der Waals surface area contributed by atoms with E-state index in [0.29, 0.717) is 0 Å². The first-order valence-corrected chi connectivity index (χ1v) is 4.98. The molecule has 1 aromatic rings. The Morgan fingerprint density at radius 1 is 1.36 bits per heavy atom. The van der Waals surface area contributed by atoms with Crippen LogP contribution in [0.5, 0.6) is 5.75 Å². The molecule has 0 fully saturated rings. The zero-order valence-corrected chi connectivity index (χ0v) is 8.34. The highest BCUT2D eigenvalue weighted by atomic mass is 16.5. The van der Waals surface area contributed by atoms with E-state index < -0.39 is 0 Å². The monoisotopic (exact) mass is 187 g/mol. The number of hydrogen-bond acceptors (Lipinski definition) is 2. The van der Waals surface area contributed by atoms with Crippen molar-refractivity contribution in [2.75, 3.05) is 6.61 Å². The topological polar surface area (TPSA) is 33.0 Å². The maximum atomic E-state index is 9.06. The van der Waals surface area contributed by atoms with E-state index in [-0.39, 0.29) is 0 Å². The number of ether oxygens (including phenoxy) is 1. The third kappa shape index (κ3) is 1.46. The van der Waals surface area contributed by atoms with Crippen molar-refractivity contribution < 1.29 is 4.74 Å². The smallest absolute Gasteiger partial charge is 0.123 e. The molecule has 0 unspecified atom stereocenters. The van der Waals surface area contributed by atoms with E-state index in [0.717, 1.165) is 48.3 Å². The van der Waals surface area contributed by atoms with Crippen LogP contribution in [0.3, 0.4) is 0 Å². The van der Waals surface area contributed by atoms with Gasteiger partial charge in [0.1, 0.15) is 5.75 Å². The van der Waals surface area contributed by atoms with Crippen LogP contribution in [-0.2, 0) is 6.42 Å². The van der Waals surface area contributed by atoms with E-state index in [9.17, 15) is 0 Å². The Bertz CT molecular complexity index is 390. The molecule has 14 heavy (non-hydrogen) atoms. The van der Waals surface area contributed by atoms with Crippen LogP contribution in [0.1, 0.15) is 29.5 Å². The minimum absolute atomic E-state index is 0.779. The standard InChI is InChI=1S/C12H13NO/c1-9-5-6-12-10(11(9)8-13)4-2-3-7-14-12/h5-6H,2-4,7H2,1H3. The van der Waals surface area contributed by atoms with Crippen molar-refractivity contribution in [2.45, 2.75) is 26.2 Å². The third-order valence-corrected chi connectivity index (χ3v) is 2.67. The molecule has 2 rings (SSSR count). The molecular formula is C12H13NO. The molecule has 0 bridgehead atoms. The molecule has 0 amide bonds. The van der Waals surface area contributed by atoms with Crippen molar-refractivity contribution in [1.29, 1.82) is 5.26 Å². The van der Waals surface area contributed by atoms with Crippen LogP contribution in [0.2, 0.25) is 0 Å². The Morgan fingerprint density at radius 3 is 3.00 bits per heavy atom. The molecule has 0 aliphatic carbocycles. The van der Waals surface area contributed by atoms with Crippen molar-refractivity contribution in [1.82, 2.24) is 0 Å². The molecule has 0 aromatic heterocycles. The molecule has 0 saturated carbocycles. The van der Waals surface area contributed by atoms with Crippen LogP contribution in [0.25, 0.3) is 0 Å². The van der Waals surface area contributed by atoms with Crippen molar-refractivity contribution in [3.05, 3.63) is 28.8 Å². The number of rotatable bonds is 0. The molecule has 0 spiro atoms. The van der Waals surface area contributed by atoms with Gasteiger partial charge in [0.05, 0.1) is 18.2 Å². The first kappa shape index (κ1) is 9.08. The fraction of sp³-hybridized carbons (Fsp3) is 0.417. The van der Waals surface area contributed by atoms with Crippen molar-refractivity contribution in [3.63, 3.8) is 0 Å². The summed E-state index contributed by atoms with van der Waals surface area (Å²) in [5.74, 6) is 0.907. The van der Waals surface area contributed by atoms with Gasteiger partial charge in [-0.25, -0.2) is 0 Å². The molecule has 1 heterocycles. The summed E-state index contributed by atoms with van der Waals surface area (Å²) >= 11 is 0. The minimum atomic E-state index is 0.779. The van der Waals surface area contributed by atoms with Gasteiger partial charge in [-0.15, -0.1) is 0 Å². The van der Waals surface area contributed by atoms with Gasteiger partial charge in [0.25, 0.3) is 0 Å². The van der Waals surface area contributed by atoms with Gasteiger partial charge in [-0.1, -0.05) is 6.07 Å². The largest absolute Gasteiger partial charge is 0.493 e. The van der Waals surface area contributed by atoms with E-state index in [4.69, 9.17) is 10.00 Å². The Labute approximate surface area is 84.1 Å². The number of aryl methyl sites for hydroxylation is 1. The SMILES string of the molecule is Cc1ccc2c(c1C#N)CCCCO2. The van der Waals surface area contributed by atoms with E-state index >= 15 is 0 Å². The summed E-state index contributed by atoms with van der Waals surface area (Å²) in [6.45, 7) is 2.75. The molecular weight excluding hydrogens is 174 g/mol. The molecule has 1 aromatic carbocycles. The van der Waals surface area contributed by atoms with Gasteiger partial charge in [0.2, 0.25) is 0 Å². The maximum Gasteiger partial charge on any atom is 0.123 e. The highest BCUT2D eigenvalue weighted by Crippen LogP contribution is 2.28. The summed E-state index contributed by atoms with van der Waals surface area (Å²) in [5.41, 5.74) is 2.96. The number of fused-ring (bicyclic) bond motifs is 1. The molecule has 2 nitrogen and oxygen atoms in total. The second-order valence-corrected chi connectivity index (χ2v) is 3.65. The fourth-order valence-electron chi connectivity index (χ4n) is 1.87. The van der Waals surface area contributed by atoms with Gasteiger partial charge in [0.15, 0.2) is 0 Å². The van der Waals surface area contributed by atoms with E-state index in [2.05, 4.69) is 6.07 Å². The average molecular weight is 187 g/mol. The number of nitriles is 1. The summed E-state index contributed by atoms with van der Waals surface area (Å²) in [6, 6.07) is 6.22. The molecule has 1 aliphatic rings. The lowest BCUT2D eigenvalue weighted by molar-refractivity contribution is 0.317. The summed E-state index contributed by atoms with van der Waals surface area (Å²) in [5, 5.41) is 9.06. The van der Waals surface area contributed by atoms with Gasteiger partial charge >= 0.3 is 0 Å². The Kier molecular flexibility index (Phi) is 2.41. The molecule has 0 atom stereocenters. The summed E-state index contributed by atoms with van der Waals surface area (Å²) < 4.78 is 5.59.